The van der Waals surface area contributed by atoms with Crippen LogP contribution < -0.4 is 5.32 Å². The molecule has 0 aliphatic heterocycles. The van der Waals surface area contributed by atoms with Gasteiger partial charge in [-0.2, -0.15) is 0 Å². The first-order chi connectivity index (χ1) is 8.45. The third-order valence-electron chi connectivity index (χ3n) is 2.73. The number of carbonyl (C=O) groups excluding carboxylic acids is 1. The Balaban J connectivity index is 2.82. The van der Waals surface area contributed by atoms with E-state index in [4.69, 9.17) is 11.6 Å². The minimum Gasteiger partial charge on any atom is -0.373 e. The third kappa shape index (κ3) is 3.88. The van der Waals surface area contributed by atoms with E-state index < -0.39 is 0 Å². The quantitative estimate of drug-likeness (QED) is 0.894. The van der Waals surface area contributed by atoms with Crippen LogP contribution in [0.15, 0.2) is 12.3 Å². The van der Waals surface area contributed by atoms with Crippen molar-refractivity contribution in [2.45, 2.75) is 20.3 Å². The number of rotatable bonds is 5. The number of hydrogen-bond donors (Lipinski definition) is 1. The Hall–Kier alpha value is -1.29. The number of halogens is 1. The summed E-state index contributed by atoms with van der Waals surface area (Å²) in [5, 5.41) is 3.28. The summed E-state index contributed by atoms with van der Waals surface area (Å²) in [6.07, 6.45) is 2.47. The molecule has 0 aliphatic rings. The van der Waals surface area contributed by atoms with E-state index in [9.17, 15) is 4.79 Å². The van der Waals surface area contributed by atoms with E-state index in [1.807, 2.05) is 0 Å². The van der Waals surface area contributed by atoms with Crippen molar-refractivity contribution in [3.63, 3.8) is 0 Å². The first kappa shape index (κ1) is 14.8. The summed E-state index contributed by atoms with van der Waals surface area (Å²) in [7, 11) is 3.55. The highest BCUT2D eigenvalue weighted by molar-refractivity contribution is 6.33. The highest BCUT2D eigenvalue weighted by atomic mass is 35.5. The number of pyridine rings is 1. The number of anilines is 1. The second kappa shape index (κ2) is 6.59. The van der Waals surface area contributed by atoms with Crippen LogP contribution >= 0.6 is 11.6 Å². The number of nitrogens with zero attached hydrogens (tertiary/aromatic N) is 2. The van der Waals surface area contributed by atoms with E-state index in [0.29, 0.717) is 22.3 Å². The molecule has 0 aromatic carbocycles. The molecule has 0 radical (unpaired) electrons. The molecule has 1 N–H and O–H groups in total. The van der Waals surface area contributed by atoms with Gasteiger partial charge in [-0.1, -0.05) is 25.4 Å². The molecule has 0 atom stereocenters. The van der Waals surface area contributed by atoms with Crippen molar-refractivity contribution < 1.29 is 4.79 Å². The molecule has 1 aromatic rings. The summed E-state index contributed by atoms with van der Waals surface area (Å²) >= 11 is 6.02. The fourth-order valence-electron chi connectivity index (χ4n) is 1.50. The summed E-state index contributed by atoms with van der Waals surface area (Å²) in [4.78, 5) is 18.0. The van der Waals surface area contributed by atoms with Crippen LogP contribution in [0.5, 0.6) is 0 Å². The Kier molecular flexibility index (Phi) is 5.41. The van der Waals surface area contributed by atoms with Gasteiger partial charge in [-0.3, -0.25) is 4.79 Å². The zero-order chi connectivity index (χ0) is 13.7. The molecule has 1 aromatic heterocycles. The summed E-state index contributed by atoms with van der Waals surface area (Å²) < 4.78 is 0. The Morgan fingerprint density at radius 2 is 2.22 bits per heavy atom. The maximum absolute atomic E-state index is 12.2. The second-order valence-corrected chi connectivity index (χ2v) is 5.12. The van der Waals surface area contributed by atoms with Gasteiger partial charge in [0.2, 0.25) is 0 Å². The Bertz CT molecular complexity index is 421. The lowest BCUT2D eigenvalue weighted by molar-refractivity contribution is 0.0789. The minimum absolute atomic E-state index is 0.0699. The molecule has 1 amide bonds. The average molecular weight is 270 g/mol. The molecule has 0 saturated heterocycles. The highest BCUT2D eigenvalue weighted by Crippen LogP contribution is 2.19. The summed E-state index contributed by atoms with van der Waals surface area (Å²) in [6, 6.07) is 1.68. The van der Waals surface area contributed by atoms with E-state index >= 15 is 0 Å². The lowest BCUT2D eigenvalue weighted by atomic mass is 10.1. The maximum atomic E-state index is 12.2. The van der Waals surface area contributed by atoms with Crippen molar-refractivity contribution in [3.05, 3.63) is 22.8 Å². The Morgan fingerprint density at radius 3 is 2.78 bits per heavy atom. The third-order valence-corrected chi connectivity index (χ3v) is 3.03. The molecule has 4 nitrogen and oxygen atoms in total. The molecular formula is C13H20ClN3O. The fourth-order valence-corrected chi connectivity index (χ4v) is 1.68. The van der Waals surface area contributed by atoms with Crippen LogP contribution in [-0.4, -0.2) is 36.4 Å². The van der Waals surface area contributed by atoms with Crippen LogP contribution in [0.2, 0.25) is 5.02 Å². The summed E-state index contributed by atoms with van der Waals surface area (Å²) in [5.41, 5.74) is 0.488. The molecule has 0 aliphatic carbocycles. The Morgan fingerprint density at radius 1 is 1.56 bits per heavy atom. The van der Waals surface area contributed by atoms with E-state index in [2.05, 4.69) is 24.1 Å². The van der Waals surface area contributed by atoms with Crippen molar-refractivity contribution in [1.82, 2.24) is 9.88 Å². The van der Waals surface area contributed by atoms with Crippen LogP contribution in [0.25, 0.3) is 0 Å². The van der Waals surface area contributed by atoms with Crippen molar-refractivity contribution in [2.24, 2.45) is 5.92 Å². The topological polar surface area (TPSA) is 45.2 Å². The van der Waals surface area contributed by atoms with E-state index in [1.54, 1.807) is 25.1 Å². The predicted octanol–water partition coefficient (Wildman–Crippen LogP) is 2.89. The molecule has 0 fully saturated rings. The number of nitrogens with one attached hydrogen (secondary N) is 1. The monoisotopic (exact) mass is 269 g/mol. The lowest BCUT2D eigenvalue weighted by Gasteiger charge is -2.19. The lowest BCUT2D eigenvalue weighted by Crippen LogP contribution is -2.28. The smallest absolute Gasteiger partial charge is 0.255 e. The van der Waals surface area contributed by atoms with Gasteiger partial charge < -0.3 is 10.2 Å². The first-order valence-electron chi connectivity index (χ1n) is 6.04. The maximum Gasteiger partial charge on any atom is 0.255 e. The van der Waals surface area contributed by atoms with E-state index in [1.165, 1.54) is 6.20 Å². The standard InChI is InChI=1S/C13H20ClN3O/c1-9(2)5-6-17(4)13(18)10-7-12(15-3)16-8-11(10)14/h7-9H,5-6H2,1-4H3,(H,15,16). The van der Waals surface area contributed by atoms with Gasteiger partial charge in [-0.05, 0) is 18.4 Å². The van der Waals surface area contributed by atoms with Crippen LogP contribution in [0.1, 0.15) is 30.6 Å². The zero-order valence-electron chi connectivity index (χ0n) is 11.3. The molecule has 0 saturated carbocycles. The first-order valence-corrected chi connectivity index (χ1v) is 6.42. The normalized spacial score (nSPS) is 10.6. The van der Waals surface area contributed by atoms with Gasteiger partial charge in [-0.15, -0.1) is 0 Å². The molecule has 0 bridgehead atoms. The Labute approximate surface area is 113 Å². The predicted molar refractivity (Wildman–Crippen MR) is 75.2 cm³/mol. The fraction of sp³-hybridized carbons (Fsp3) is 0.538. The molecule has 1 heterocycles. The molecular weight excluding hydrogens is 250 g/mol. The van der Waals surface area contributed by atoms with Crippen molar-refractivity contribution in [2.75, 3.05) is 26.0 Å². The average Bonchev–Trinajstić information content (AvgIpc) is 2.35. The number of amides is 1. The van der Waals surface area contributed by atoms with Crippen LogP contribution in [0.3, 0.4) is 0 Å². The number of aromatic nitrogens is 1. The van der Waals surface area contributed by atoms with Gasteiger partial charge in [0.1, 0.15) is 5.82 Å². The van der Waals surface area contributed by atoms with Crippen molar-refractivity contribution in [1.29, 1.82) is 0 Å². The van der Waals surface area contributed by atoms with Gasteiger partial charge in [-0.25, -0.2) is 4.98 Å². The van der Waals surface area contributed by atoms with Crippen molar-refractivity contribution >= 4 is 23.3 Å². The molecule has 0 spiro atoms. The van der Waals surface area contributed by atoms with Gasteiger partial charge in [0, 0.05) is 26.8 Å². The van der Waals surface area contributed by atoms with E-state index in [-0.39, 0.29) is 5.91 Å². The molecule has 5 heteroatoms. The summed E-state index contributed by atoms with van der Waals surface area (Å²) in [5.74, 6) is 1.14. The van der Waals surface area contributed by atoms with Gasteiger partial charge in [0.15, 0.2) is 0 Å². The zero-order valence-corrected chi connectivity index (χ0v) is 12.1. The summed E-state index contributed by atoms with van der Waals surface area (Å²) in [6.45, 7) is 5.00. The van der Waals surface area contributed by atoms with E-state index in [0.717, 1.165) is 13.0 Å². The SMILES string of the molecule is CNc1cc(C(=O)N(C)CCC(C)C)c(Cl)cn1. The largest absolute Gasteiger partial charge is 0.373 e. The molecule has 1 rings (SSSR count). The molecule has 18 heavy (non-hydrogen) atoms. The number of hydrogen-bond acceptors (Lipinski definition) is 3. The van der Waals surface area contributed by atoms with Gasteiger partial charge >= 0.3 is 0 Å². The van der Waals surface area contributed by atoms with Crippen LogP contribution in [0.4, 0.5) is 5.82 Å². The molecule has 100 valence electrons. The number of carbonyl (C=O) groups is 1. The highest BCUT2D eigenvalue weighted by Gasteiger charge is 2.16. The molecule has 0 unspecified atom stereocenters. The van der Waals surface area contributed by atoms with Crippen LogP contribution in [-0.2, 0) is 0 Å². The minimum atomic E-state index is -0.0699. The van der Waals surface area contributed by atoms with Gasteiger partial charge in [0.05, 0.1) is 10.6 Å². The van der Waals surface area contributed by atoms with Crippen LogP contribution in [0, 0.1) is 5.92 Å². The van der Waals surface area contributed by atoms with Gasteiger partial charge in [0.25, 0.3) is 5.91 Å². The van der Waals surface area contributed by atoms with Crippen molar-refractivity contribution in [3.8, 4) is 0 Å². The second-order valence-electron chi connectivity index (χ2n) is 4.71.